The summed E-state index contributed by atoms with van der Waals surface area (Å²) in [5.41, 5.74) is 7.49. The van der Waals surface area contributed by atoms with Gasteiger partial charge in [0.25, 0.3) is 0 Å². The van der Waals surface area contributed by atoms with Crippen molar-refractivity contribution in [2.24, 2.45) is 5.73 Å². The second-order valence-corrected chi connectivity index (χ2v) is 2.22. The van der Waals surface area contributed by atoms with Gasteiger partial charge in [-0.3, -0.25) is 4.79 Å². The molecule has 0 aromatic heterocycles. The number of anilines is 1. The Bertz CT molecular complexity index is 310. The van der Waals surface area contributed by atoms with E-state index in [9.17, 15) is 9.59 Å². The number of hydrogen-bond acceptors (Lipinski definition) is 4. The summed E-state index contributed by atoms with van der Waals surface area (Å²) in [5.74, 6) is -2.26. The fourth-order valence-corrected chi connectivity index (χ4v) is 0.662. The molecule has 0 saturated heterocycles. The van der Waals surface area contributed by atoms with Crippen LogP contribution in [0, 0.1) is 0 Å². The van der Waals surface area contributed by atoms with E-state index in [1.165, 1.54) is 0 Å². The van der Waals surface area contributed by atoms with Crippen LogP contribution in [-0.4, -0.2) is 11.9 Å². The summed E-state index contributed by atoms with van der Waals surface area (Å²) in [6.45, 7) is 0. The van der Waals surface area contributed by atoms with E-state index in [0.29, 0.717) is 5.69 Å². The van der Waals surface area contributed by atoms with Crippen LogP contribution in [0.1, 0.15) is 0 Å². The van der Waals surface area contributed by atoms with Crippen LogP contribution in [0.2, 0.25) is 0 Å². The third kappa shape index (κ3) is 2.82. The summed E-state index contributed by atoms with van der Waals surface area (Å²) in [6.07, 6.45) is 0. The fraction of sp³-hybridized carbons (Fsp3) is 0. The summed E-state index contributed by atoms with van der Waals surface area (Å²) in [7, 11) is 0. The molecule has 1 amide bonds. The van der Waals surface area contributed by atoms with Crippen molar-refractivity contribution in [3.8, 4) is 0 Å². The highest BCUT2D eigenvalue weighted by Crippen LogP contribution is 2.04. The lowest BCUT2D eigenvalue weighted by Gasteiger charge is -2.03. The fourth-order valence-electron chi connectivity index (χ4n) is 0.662. The van der Waals surface area contributed by atoms with Gasteiger partial charge in [-0.05, 0) is 12.1 Å². The normalized spacial score (nSPS) is 8.92. The van der Waals surface area contributed by atoms with Crippen LogP contribution in [0.15, 0.2) is 30.3 Å². The van der Waals surface area contributed by atoms with Gasteiger partial charge < -0.3 is 10.6 Å². The molecule has 0 saturated carbocycles. The highest BCUT2D eigenvalue weighted by molar-refractivity contribution is 6.31. The zero-order valence-electron chi connectivity index (χ0n) is 6.69. The molecule has 0 bridgehead atoms. The molecule has 0 aliphatic rings. The Morgan fingerprint density at radius 3 is 2.38 bits per heavy atom. The Hall–Kier alpha value is -2.04. The lowest BCUT2D eigenvalue weighted by Crippen LogP contribution is -2.27. The summed E-state index contributed by atoms with van der Waals surface area (Å²) >= 11 is 0. The zero-order valence-corrected chi connectivity index (χ0v) is 6.69. The zero-order chi connectivity index (χ0) is 9.68. The molecule has 0 heterocycles. The quantitative estimate of drug-likeness (QED) is 0.497. The number of nitrogens with one attached hydrogen (secondary N) is 1. The monoisotopic (exact) mass is 180 g/mol. The molecule has 0 radical (unpaired) electrons. The molecule has 1 aromatic carbocycles. The number of amides is 1. The number of carbonyl (C=O) groups excluding carboxylic acids is 2. The lowest BCUT2D eigenvalue weighted by atomic mass is 10.3. The van der Waals surface area contributed by atoms with Gasteiger partial charge in [-0.2, -0.15) is 0 Å². The maximum absolute atomic E-state index is 10.6. The first-order valence-electron chi connectivity index (χ1n) is 3.52. The first kappa shape index (κ1) is 9.05. The summed E-state index contributed by atoms with van der Waals surface area (Å²) in [6, 6.07) is 8.66. The van der Waals surface area contributed by atoms with Gasteiger partial charge in [-0.25, -0.2) is 10.3 Å². The van der Waals surface area contributed by atoms with Crippen molar-refractivity contribution in [1.29, 1.82) is 0 Å². The van der Waals surface area contributed by atoms with Gasteiger partial charge in [0.15, 0.2) is 0 Å². The Labute approximate surface area is 74.4 Å². The van der Waals surface area contributed by atoms with Crippen LogP contribution in [0.25, 0.3) is 0 Å². The van der Waals surface area contributed by atoms with E-state index in [4.69, 9.17) is 0 Å². The Morgan fingerprint density at radius 2 is 1.85 bits per heavy atom. The minimum absolute atomic E-state index is 0.567. The lowest BCUT2D eigenvalue weighted by molar-refractivity contribution is -0.151. The molecular formula is C8H8N2O3. The van der Waals surface area contributed by atoms with Crippen molar-refractivity contribution in [3.63, 3.8) is 0 Å². The number of nitrogens with two attached hydrogens (primary N) is 1. The minimum Gasteiger partial charge on any atom is -0.360 e. The summed E-state index contributed by atoms with van der Waals surface area (Å²) in [5, 5.41) is 0. The van der Waals surface area contributed by atoms with Crippen molar-refractivity contribution in [2.45, 2.75) is 0 Å². The summed E-state index contributed by atoms with van der Waals surface area (Å²) < 4.78 is 0. The van der Waals surface area contributed by atoms with Gasteiger partial charge >= 0.3 is 11.9 Å². The third-order valence-corrected chi connectivity index (χ3v) is 1.24. The second-order valence-electron chi connectivity index (χ2n) is 2.22. The molecule has 68 valence electrons. The van der Waals surface area contributed by atoms with Gasteiger partial charge in [0.1, 0.15) is 0 Å². The van der Waals surface area contributed by atoms with E-state index in [0.717, 1.165) is 0 Å². The SMILES string of the molecule is NC(=O)C(=O)ONc1ccccc1. The Morgan fingerprint density at radius 1 is 1.23 bits per heavy atom. The number of hydrogen-bond donors (Lipinski definition) is 2. The standard InChI is InChI=1S/C8H8N2O3/c9-7(11)8(12)13-10-6-4-2-1-3-5-6/h1-5,10H,(H2,9,11). The maximum Gasteiger partial charge on any atom is 0.420 e. The van der Waals surface area contributed by atoms with Gasteiger partial charge in [-0.1, -0.05) is 18.2 Å². The number of primary amides is 1. The van der Waals surface area contributed by atoms with E-state index >= 15 is 0 Å². The maximum atomic E-state index is 10.6. The number of rotatable bonds is 2. The average molecular weight is 180 g/mol. The molecule has 5 heteroatoms. The van der Waals surface area contributed by atoms with E-state index in [2.05, 4.69) is 16.1 Å². The summed E-state index contributed by atoms with van der Waals surface area (Å²) in [4.78, 5) is 25.1. The molecule has 1 rings (SSSR count). The molecule has 0 spiro atoms. The molecule has 0 aliphatic heterocycles. The number of para-hydroxylation sites is 1. The molecule has 0 fully saturated rings. The van der Waals surface area contributed by atoms with Crippen LogP contribution in [0.4, 0.5) is 5.69 Å². The number of carbonyl (C=O) groups is 2. The highest BCUT2D eigenvalue weighted by atomic mass is 16.7. The smallest absolute Gasteiger partial charge is 0.360 e. The number of benzene rings is 1. The topological polar surface area (TPSA) is 81.4 Å². The van der Waals surface area contributed by atoms with Crippen LogP contribution in [0.5, 0.6) is 0 Å². The third-order valence-electron chi connectivity index (χ3n) is 1.24. The second kappa shape index (κ2) is 4.10. The van der Waals surface area contributed by atoms with Crippen molar-refractivity contribution < 1.29 is 14.4 Å². The van der Waals surface area contributed by atoms with Crippen LogP contribution >= 0.6 is 0 Å². The van der Waals surface area contributed by atoms with Gasteiger partial charge in [-0.15, -0.1) is 0 Å². The van der Waals surface area contributed by atoms with Crippen LogP contribution < -0.4 is 11.2 Å². The molecule has 3 N–H and O–H groups in total. The molecule has 0 aliphatic carbocycles. The largest absolute Gasteiger partial charge is 0.420 e. The Kier molecular flexibility index (Phi) is 2.86. The van der Waals surface area contributed by atoms with Gasteiger partial charge in [0.2, 0.25) is 0 Å². The predicted molar refractivity (Wildman–Crippen MR) is 45.4 cm³/mol. The molecular weight excluding hydrogens is 172 g/mol. The molecule has 0 unspecified atom stereocenters. The van der Waals surface area contributed by atoms with E-state index in [-0.39, 0.29) is 0 Å². The van der Waals surface area contributed by atoms with E-state index in [1.54, 1.807) is 30.3 Å². The van der Waals surface area contributed by atoms with Gasteiger partial charge in [0, 0.05) is 0 Å². The molecule has 0 atom stereocenters. The van der Waals surface area contributed by atoms with E-state index < -0.39 is 11.9 Å². The van der Waals surface area contributed by atoms with Crippen molar-refractivity contribution >= 4 is 17.6 Å². The van der Waals surface area contributed by atoms with Crippen molar-refractivity contribution in [1.82, 2.24) is 0 Å². The molecule has 5 nitrogen and oxygen atoms in total. The van der Waals surface area contributed by atoms with Crippen molar-refractivity contribution in [3.05, 3.63) is 30.3 Å². The predicted octanol–water partition coefficient (Wildman–Crippen LogP) is 0.0420. The highest BCUT2D eigenvalue weighted by Gasteiger charge is 2.09. The Balaban J connectivity index is 2.44. The van der Waals surface area contributed by atoms with Gasteiger partial charge in [0.05, 0.1) is 5.69 Å². The molecule has 13 heavy (non-hydrogen) atoms. The molecule has 1 aromatic rings. The first-order chi connectivity index (χ1) is 6.20. The first-order valence-corrected chi connectivity index (χ1v) is 3.52. The van der Waals surface area contributed by atoms with Crippen LogP contribution in [0.3, 0.4) is 0 Å². The van der Waals surface area contributed by atoms with Crippen molar-refractivity contribution in [2.75, 3.05) is 5.48 Å². The average Bonchev–Trinajstić information content (AvgIpc) is 2.15. The van der Waals surface area contributed by atoms with E-state index in [1.807, 2.05) is 0 Å². The van der Waals surface area contributed by atoms with Crippen LogP contribution in [-0.2, 0) is 14.4 Å². The minimum atomic E-state index is -1.14.